The SMILES string of the molecule is COCN1c2cc(C=CC(=O)C(C)(C)O)ccc2Sc2nccnc21. The Hall–Kier alpha value is -2.22. The number of carbonyl (C=O) groups excluding carboxylic acids is 1. The molecule has 2 aromatic rings. The third kappa shape index (κ3) is 3.73. The summed E-state index contributed by atoms with van der Waals surface area (Å²) < 4.78 is 5.32. The molecule has 130 valence electrons. The quantitative estimate of drug-likeness (QED) is 0.824. The molecule has 3 rings (SSSR count). The third-order valence-electron chi connectivity index (χ3n) is 3.67. The van der Waals surface area contributed by atoms with Gasteiger partial charge in [-0.3, -0.25) is 9.69 Å². The van der Waals surface area contributed by atoms with Crippen molar-refractivity contribution in [3.8, 4) is 0 Å². The minimum Gasteiger partial charge on any atom is -0.382 e. The van der Waals surface area contributed by atoms with Crippen molar-refractivity contribution in [1.82, 2.24) is 9.97 Å². The number of ketones is 1. The van der Waals surface area contributed by atoms with Gasteiger partial charge in [0.2, 0.25) is 0 Å². The molecule has 1 N–H and O–H groups in total. The lowest BCUT2D eigenvalue weighted by Crippen LogP contribution is -2.29. The summed E-state index contributed by atoms with van der Waals surface area (Å²) in [6, 6.07) is 5.87. The van der Waals surface area contributed by atoms with Gasteiger partial charge >= 0.3 is 0 Å². The zero-order valence-electron chi connectivity index (χ0n) is 14.3. The van der Waals surface area contributed by atoms with Crippen LogP contribution in [0.5, 0.6) is 0 Å². The molecule has 0 radical (unpaired) electrons. The van der Waals surface area contributed by atoms with Crippen LogP contribution in [0.1, 0.15) is 19.4 Å². The number of benzene rings is 1. The van der Waals surface area contributed by atoms with Crippen LogP contribution in [-0.4, -0.2) is 40.3 Å². The number of aliphatic hydroxyl groups is 1. The molecule has 1 aromatic carbocycles. The minimum absolute atomic E-state index is 0.342. The van der Waals surface area contributed by atoms with E-state index in [4.69, 9.17) is 4.74 Å². The van der Waals surface area contributed by atoms with Gasteiger partial charge in [-0.15, -0.1) is 0 Å². The zero-order valence-corrected chi connectivity index (χ0v) is 15.1. The van der Waals surface area contributed by atoms with Crippen molar-refractivity contribution < 1.29 is 14.6 Å². The molecule has 0 fully saturated rings. The molecule has 0 amide bonds. The molecule has 0 atom stereocenters. The van der Waals surface area contributed by atoms with E-state index >= 15 is 0 Å². The average molecular weight is 357 g/mol. The highest BCUT2D eigenvalue weighted by atomic mass is 32.2. The Balaban J connectivity index is 1.96. The van der Waals surface area contributed by atoms with Crippen molar-refractivity contribution in [2.24, 2.45) is 0 Å². The predicted molar refractivity (Wildman–Crippen MR) is 97.0 cm³/mol. The van der Waals surface area contributed by atoms with Crippen LogP contribution in [0, 0.1) is 0 Å². The number of ether oxygens (including phenoxy) is 1. The Kier molecular flexibility index (Phi) is 4.89. The van der Waals surface area contributed by atoms with Crippen molar-refractivity contribution in [1.29, 1.82) is 0 Å². The molecular weight excluding hydrogens is 338 g/mol. The fraction of sp³-hybridized carbons (Fsp3) is 0.278. The molecule has 25 heavy (non-hydrogen) atoms. The van der Waals surface area contributed by atoms with E-state index in [1.165, 1.54) is 19.9 Å². The summed E-state index contributed by atoms with van der Waals surface area (Å²) in [5.74, 6) is 0.403. The second-order valence-electron chi connectivity index (χ2n) is 6.12. The summed E-state index contributed by atoms with van der Waals surface area (Å²) in [7, 11) is 1.63. The van der Waals surface area contributed by atoms with E-state index < -0.39 is 5.60 Å². The smallest absolute Gasteiger partial charge is 0.186 e. The molecule has 0 spiro atoms. The van der Waals surface area contributed by atoms with Crippen molar-refractivity contribution in [2.45, 2.75) is 29.4 Å². The standard InChI is InChI=1S/C18H19N3O3S/c1-18(2,23)15(22)7-5-12-4-6-14-13(10-12)21(11-24-3)16-17(25-14)20-9-8-19-16/h4-10,23H,11H2,1-3H3. The van der Waals surface area contributed by atoms with Gasteiger partial charge < -0.3 is 9.84 Å². The first-order chi connectivity index (χ1) is 11.9. The number of fused-ring (bicyclic) bond motifs is 2. The summed E-state index contributed by atoms with van der Waals surface area (Å²) in [6.07, 6.45) is 6.41. The molecular formula is C18H19N3O3S. The van der Waals surface area contributed by atoms with Crippen molar-refractivity contribution >= 4 is 35.1 Å². The van der Waals surface area contributed by atoms with Crippen LogP contribution in [0.25, 0.3) is 6.08 Å². The molecule has 1 aliphatic rings. The molecule has 0 saturated carbocycles. The molecule has 0 bridgehead atoms. The fourth-order valence-corrected chi connectivity index (χ4v) is 3.35. The summed E-state index contributed by atoms with van der Waals surface area (Å²) in [6.45, 7) is 3.28. The summed E-state index contributed by atoms with van der Waals surface area (Å²) in [5.41, 5.74) is 0.417. The maximum Gasteiger partial charge on any atom is 0.186 e. The van der Waals surface area contributed by atoms with E-state index in [-0.39, 0.29) is 5.78 Å². The Labute approximate surface area is 150 Å². The second kappa shape index (κ2) is 6.95. The number of nitrogens with zero attached hydrogens (tertiary/aromatic N) is 3. The van der Waals surface area contributed by atoms with Gasteiger partial charge in [0.05, 0.1) is 5.69 Å². The number of aromatic nitrogens is 2. The normalized spacial score (nSPS) is 13.7. The van der Waals surface area contributed by atoms with Gasteiger partial charge in [-0.25, -0.2) is 9.97 Å². The number of methoxy groups -OCH3 is 1. The lowest BCUT2D eigenvalue weighted by molar-refractivity contribution is -0.128. The van der Waals surface area contributed by atoms with Gasteiger partial charge in [-0.05, 0) is 37.6 Å². The van der Waals surface area contributed by atoms with Crippen LogP contribution in [0.4, 0.5) is 11.5 Å². The lowest BCUT2D eigenvalue weighted by Gasteiger charge is -2.30. The average Bonchev–Trinajstić information content (AvgIpc) is 2.58. The first kappa shape index (κ1) is 17.6. The molecule has 1 aliphatic heterocycles. The first-order valence-electron chi connectivity index (χ1n) is 7.74. The van der Waals surface area contributed by atoms with E-state index in [0.717, 1.165) is 27.0 Å². The number of hydrogen-bond donors (Lipinski definition) is 1. The maximum absolute atomic E-state index is 11.9. The molecule has 1 aromatic heterocycles. The number of carbonyl (C=O) groups is 1. The number of hydrogen-bond acceptors (Lipinski definition) is 7. The summed E-state index contributed by atoms with van der Waals surface area (Å²) in [4.78, 5) is 23.6. The third-order valence-corrected chi connectivity index (χ3v) is 4.72. The molecule has 6 nitrogen and oxygen atoms in total. The van der Waals surface area contributed by atoms with Crippen LogP contribution < -0.4 is 4.90 Å². The molecule has 0 saturated heterocycles. The Morgan fingerprint density at radius 1 is 1.36 bits per heavy atom. The lowest BCUT2D eigenvalue weighted by atomic mass is 10.0. The van der Waals surface area contributed by atoms with Gasteiger partial charge in [0.25, 0.3) is 0 Å². The topological polar surface area (TPSA) is 75.5 Å². The molecule has 0 unspecified atom stereocenters. The number of anilines is 2. The van der Waals surface area contributed by atoms with Gasteiger partial charge in [0.15, 0.2) is 11.6 Å². The highest BCUT2D eigenvalue weighted by molar-refractivity contribution is 7.99. The van der Waals surface area contributed by atoms with Crippen molar-refractivity contribution in [3.05, 3.63) is 42.2 Å². The zero-order chi connectivity index (χ0) is 18.0. The largest absolute Gasteiger partial charge is 0.382 e. The van der Waals surface area contributed by atoms with Crippen LogP contribution >= 0.6 is 11.8 Å². The van der Waals surface area contributed by atoms with E-state index in [2.05, 4.69) is 9.97 Å². The van der Waals surface area contributed by atoms with Crippen LogP contribution in [0.3, 0.4) is 0 Å². The minimum atomic E-state index is -1.38. The van der Waals surface area contributed by atoms with E-state index in [1.807, 2.05) is 23.1 Å². The Morgan fingerprint density at radius 2 is 2.12 bits per heavy atom. The van der Waals surface area contributed by atoms with Crippen molar-refractivity contribution in [2.75, 3.05) is 18.7 Å². The summed E-state index contributed by atoms with van der Waals surface area (Å²) >= 11 is 1.55. The molecule has 0 aliphatic carbocycles. The van der Waals surface area contributed by atoms with Gasteiger partial charge in [0.1, 0.15) is 17.4 Å². The number of rotatable bonds is 5. The Bertz CT molecular complexity index is 831. The Morgan fingerprint density at radius 3 is 2.84 bits per heavy atom. The monoisotopic (exact) mass is 357 g/mol. The van der Waals surface area contributed by atoms with Crippen LogP contribution in [0.2, 0.25) is 0 Å². The van der Waals surface area contributed by atoms with E-state index in [9.17, 15) is 9.90 Å². The highest BCUT2D eigenvalue weighted by Crippen LogP contribution is 2.46. The highest BCUT2D eigenvalue weighted by Gasteiger charge is 2.26. The molecule has 7 heteroatoms. The first-order valence-corrected chi connectivity index (χ1v) is 8.56. The summed E-state index contributed by atoms with van der Waals surface area (Å²) in [5, 5.41) is 10.6. The van der Waals surface area contributed by atoms with Crippen LogP contribution in [-0.2, 0) is 9.53 Å². The molecule has 2 heterocycles. The fourth-order valence-electron chi connectivity index (χ4n) is 2.36. The van der Waals surface area contributed by atoms with Crippen molar-refractivity contribution in [3.63, 3.8) is 0 Å². The van der Waals surface area contributed by atoms with Gasteiger partial charge in [-0.1, -0.05) is 23.9 Å². The maximum atomic E-state index is 11.9. The van der Waals surface area contributed by atoms with E-state index in [1.54, 1.807) is 37.3 Å². The van der Waals surface area contributed by atoms with Gasteiger partial charge in [-0.2, -0.15) is 0 Å². The van der Waals surface area contributed by atoms with Crippen LogP contribution in [0.15, 0.2) is 46.6 Å². The van der Waals surface area contributed by atoms with Gasteiger partial charge in [0, 0.05) is 24.4 Å². The second-order valence-corrected chi connectivity index (χ2v) is 7.15. The predicted octanol–water partition coefficient (Wildman–Crippen LogP) is 3.04. The van der Waals surface area contributed by atoms with E-state index in [0.29, 0.717) is 6.73 Å².